The van der Waals surface area contributed by atoms with Gasteiger partial charge < -0.3 is 4.90 Å². The number of nitrogens with zero attached hydrogens (tertiary/aromatic N) is 3. The highest BCUT2D eigenvalue weighted by Crippen LogP contribution is 2.34. The molecule has 4 nitrogen and oxygen atoms in total. The molecule has 1 aromatic carbocycles. The van der Waals surface area contributed by atoms with E-state index in [1.807, 2.05) is 17.3 Å². The molecule has 26 heavy (non-hydrogen) atoms. The molecule has 1 amide bonds. The van der Waals surface area contributed by atoms with Crippen LogP contribution in [0.2, 0.25) is 0 Å². The fourth-order valence-corrected chi connectivity index (χ4v) is 4.05. The third-order valence-corrected chi connectivity index (χ3v) is 5.36. The average Bonchev–Trinajstić information content (AvgIpc) is 3.03. The Bertz CT molecular complexity index is 702. The largest absolute Gasteiger partial charge is 0.340 e. The lowest BCUT2D eigenvalue weighted by atomic mass is 9.88. The fraction of sp³-hybridized carbons (Fsp3) is 0.455. The number of likely N-dealkylation sites (tertiary alicyclic amines) is 1. The maximum Gasteiger partial charge on any atom is 0.219 e. The van der Waals surface area contributed by atoms with E-state index in [1.165, 1.54) is 11.1 Å². The molecule has 0 radical (unpaired) electrons. The summed E-state index contributed by atoms with van der Waals surface area (Å²) in [5.41, 5.74) is 2.67. The molecule has 2 atom stereocenters. The van der Waals surface area contributed by atoms with Crippen molar-refractivity contribution in [3.63, 3.8) is 0 Å². The number of hydrogen-bond acceptors (Lipinski definition) is 3. The third kappa shape index (κ3) is 4.50. The second-order valence-corrected chi connectivity index (χ2v) is 7.59. The first-order valence-corrected chi connectivity index (χ1v) is 9.48. The maximum absolute atomic E-state index is 12.1. The van der Waals surface area contributed by atoms with Crippen molar-refractivity contribution in [3.8, 4) is 0 Å². The lowest BCUT2D eigenvalue weighted by molar-refractivity contribution is -0.131. The van der Waals surface area contributed by atoms with Gasteiger partial charge in [-0.3, -0.25) is 14.7 Å². The number of rotatable bonds is 6. The van der Waals surface area contributed by atoms with Crippen LogP contribution in [0.25, 0.3) is 0 Å². The Morgan fingerprint density at radius 3 is 2.46 bits per heavy atom. The van der Waals surface area contributed by atoms with E-state index in [0.717, 1.165) is 26.2 Å². The highest BCUT2D eigenvalue weighted by molar-refractivity contribution is 5.73. The van der Waals surface area contributed by atoms with Gasteiger partial charge in [0.25, 0.3) is 0 Å². The van der Waals surface area contributed by atoms with Crippen LogP contribution >= 0.6 is 0 Å². The molecule has 1 saturated heterocycles. The first kappa shape index (κ1) is 18.6. The zero-order chi connectivity index (χ0) is 18.5. The molecule has 2 unspecified atom stereocenters. The van der Waals surface area contributed by atoms with E-state index in [2.05, 4.69) is 66.2 Å². The molecule has 1 fully saturated rings. The van der Waals surface area contributed by atoms with E-state index in [9.17, 15) is 4.79 Å². The molecule has 0 spiro atoms. The second-order valence-electron chi connectivity index (χ2n) is 7.59. The number of amides is 1. The van der Waals surface area contributed by atoms with Crippen LogP contribution in [0, 0.1) is 5.92 Å². The highest BCUT2D eigenvalue weighted by atomic mass is 16.2. The van der Waals surface area contributed by atoms with Crippen molar-refractivity contribution >= 4 is 5.91 Å². The van der Waals surface area contributed by atoms with Gasteiger partial charge in [-0.2, -0.15) is 0 Å². The number of carbonyl (C=O) groups is 1. The maximum atomic E-state index is 12.1. The van der Waals surface area contributed by atoms with Gasteiger partial charge in [-0.25, -0.2) is 0 Å². The quantitative estimate of drug-likeness (QED) is 0.798. The molecule has 0 aliphatic carbocycles. The minimum absolute atomic E-state index is 0.166. The van der Waals surface area contributed by atoms with E-state index >= 15 is 0 Å². The van der Waals surface area contributed by atoms with Crippen molar-refractivity contribution in [3.05, 3.63) is 66.0 Å². The molecular formula is C22H29N3O. The molecule has 138 valence electrons. The van der Waals surface area contributed by atoms with Crippen molar-refractivity contribution in [2.45, 2.75) is 39.3 Å². The topological polar surface area (TPSA) is 36.4 Å². The summed E-state index contributed by atoms with van der Waals surface area (Å²) in [5.74, 6) is 1.07. The highest BCUT2D eigenvalue weighted by Gasteiger charge is 2.35. The van der Waals surface area contributed by atoms with Crippen molar-refractivity contribution < 1.29 is 4.79 Å². The Morgan fingerprint density at radius 1 is 1.15 bits per heavy atom. The molecule has 0 saturated carbocycles. The van der Waals surface area contributed by atoms with Gasteiger partial charge >= 0.3 is 0 Å². The van der Waals surface area contributed by atoms with Gasteiger partial charge in [0.2, 0.25) is 5.91 Å². The SMILES string of the molecule is CC(=O)N(CC1CN(Cc2ccncc2)CC1c1ccccc1)C(C)C. The Labute approximate surface area is 156 Å². The van der Waals surface area contributed by atoms with Gasteiger partial charge in [0, 0.05) is 57.5 Å². The fourth-order valence-electron chi connectivity index (χ4n) is 4.05. The molecule has 1 aromatic heterocycles. The molecule has 1 aliphatic rings. The van der Waals surface area contributed by atoms with Gasteiger partial charge in [-0.05, 0) is 43.0 Å². The molecule has 2 heterocycles. The van der Waals surface area contributed by atoms with E-state index in [1.54, 1.807) is 6.92 Å². The minimum Gasteiger partial charge on any atom is -0.340 e. The molecule has 1 aliphatic heterocycles. The van der Waals surface area contributed by atoms with Crippen LogP contribution in [-0.4, -0.2) is 46.4 Å². The summed E-state index contributed by atoms with van der Waals surface area (Å²) in [6.45, 7) is 9.68. The summed E-state index contributed by atoms with van der Waals surface area (Å²) in [6.07, 6.45) is 3.71. The summed E-state index contributed by atoms with van der Waals surface area (Å²) >= 11 is 0. The van der Waals surface area contributed by atoms with Crippen molar-refractivity contribution in [1.29, 1.82) is 0 Å². The van der Waals surface area contributed by atoms with Crippen molar-refractivity contribution in [1.82, 2.24) is 14.8 Å². The summed E-state index contributed by atoms with van der Waals surface area (Å²) in [6, 6.07) is 15.1. The van der Waals surface area contributed by atoms with Crippen LogP contribution in [0.3, 0.4) is 0 Å². The van der Waals surface area contributed by atoms with Gasteiger partial charge in [0.15, 0.2) is 0 Å². The van der Waals surface area contributed by atoms with Crippen LogP contribution in [0.4, 0.5) is 0 Å². The van der Waals surface area contributed by atoms with Crippen LogP contribution in [0.15, 0.2) is 54.9 Å². The Morgan fingerprint density at radius 2 is 1.85 bits per heavy atom. The van der Waals surface area contributed by atoms with Crippen LogP contribution in [0.1, 0.15) is 37.8 Å². The average molecular weight is 351 g/mol. The van der Waals surface area contributed by atoms with Crippen molar-refractivity contribution in [2.24, 2.45) is 5.92 Å². The number of carbonyl (C=O) groups excluding carboxylic acids is 1. The molecular weight excluding hydrogens is 322 g/mol. The van der Waals surface area contributed by atoms with Gasteiger partial charge in [0.05, 0.1) is 0 Å². The summed E-state index contributed by atoms with van der Waals surface area (Å²) in [5, 5.41) is 0. The summed E-state index contributed by atoms with van der Waals surface area (Å²) in [4.78, 5) is 20.7. The minimum atomic E-state index is 0.166. The predicted octanol–water partition coefficient (Wildman–Crippen LogP) is 3.55. The molecule has 4 heteroatoms. The third-order valence-electron chi connectivity index (χ3n) is 5.36. The lowest BCUT2D eigenvalue weighted by Gasteiger charge is -2.30. The lowest BCUT2D eigenvalue weighted by Crippen LogP contribution is -2.40. The monoisotopic (exact) mass is 351 g/mol. The Balaban J connectivity index is 1.78. The Kier molecular flexibility index (Phi) is 6.04. The second kappa shape index (κ2) is 8.45. The number of hydrogen-bond donors (Lipinski definition) is 0. The van der Waals surface area contributed by atoms with Gasteiger partial charge in [-0.1, -0.05) is 30.3 Å². The smallest absolute Gasteiger partial charge is 0.219 e. The Hall–Kier alpha value is -2.20. The van der Waals surface area contributed by atoms with E-state index in [4.69, 9.17) is 0 Å². The van der Waals surface area contributed by atoms with Crippen LogP contribution in [0.5, 0.6) is 0 Å². The molecule has 2 aromatic rings. The summed E-state index contributed by atoms with van der Waals surface area (Å²) in [7, 11) is 0. The van der Waals surface area contributed by atoms with Crippen LogP contribution in [-0.2, 0) is 11.3 Å². The van der Waals surface area contributed by atoms with Gasteiger partial charge in [-0.15, -0.1) is 0 Å². The first-order chi connectivity index (χ1) is 12.5. The zero-order valence-corrected chi connectivity index (χ0v) is 16.0. The van der Waals surface area contributed by atoms with Crippen LogP contribution < -0.4 is 0 Å². The first-order valence-electron chi connectivity index (χ1n) is 9.48. The molecule has 3 rings (SSSR count). The summed E-state index contributed by atoms with van der Waals surface area (Å²) < 4.78 is 0. The van der Waals surface area contributed by atoms with E-state index in [0.29, 0.717) is 11.8 Å². The van der Waals surface area contributed by atoms with E-state index in [-0.39, 0.29) is 11.9 Å². The number of benzene rings is 1. The standard InChI is InChI=1S/C22H29N3O/c1-17(2)25(18(3)26)15-21-14-24(13-19-9-11-23-12-10-19)16-22(21)20-7-5-4-6-8-20/h4-12,17,21-22H,13-16H2,1-3H3. The van der Waals surface area contributed by atoms with E-state index < -0.39 is 0 Å². The number of pyridine rings is 1. The molecule has 0 bridgehead atoms. The van der Waals surface area contributed by atoms with Gasteiger partial charge in [0.1, 0.15) is 0 Å². The zero-order valence-electron chi connectivity index (χ0n) is 16.0. The van der Waals surface area contributed by atoms with Crippen molar-refractivity contribution in [2.75, 3.05) is 19.6 Å². The predicted molar refractivity (Wildman–Crippen MR) is 105 cm³/mol. The number of aromatic nitrogens is 1. The molecule has 0 N–H and O–H groups in total. The normalized spacial score (nSPS) is 20.5.